The summed E-state index contributed by atoms with van der Waals surface area (Å²) < 4.78 is 0. The highest BCUT2D eigenvalue weighted by Gasteiger charge is 2.33. The summed E-state index contributed by atoms with van der Waals surface area (Å²) in [4.78, 5) is 2.63. The van der Waals surface area contributed by atoms with E-state index >= 15 is 0 Å². The Labute approximate surface area is 120 Å². The van der Waals surface area contributed by atoms with Crippen LogP contribution >= 0.6 is 0 Å². The fourth-order valence-electron chi connectivity index (χ4n) is 3.94. The Kier molecular flexibility index (Phi) is 3.21. The van der Waals surface area contributed by atoms with Crippen molar-refractivity contribution in [1.82, 2.24) is 10.2 Å². The molecule has 0 amide bonds. The average Bonchev–Trinajstić information content (AvgIpc) is 2.90. The summed E-state index contributed by atoms with van der Waals surface area (Å²) in [6, 6.07) is 16.2. The molecule has 0 spiro atoms. The second kappa shape index (κ2) is 5.19. The van der Waals surface area contributed by atoms with Gasteiger partial charge in [-0.25, -0.2) is 0 Å². The van der Waals surface area contributed by atoms with Gasteiger partial charge in [0.15, 0.2) is 0 Å². The van der Waals surface area contributed by atoms with Crippen LogP contribution < -0.4 is 5.32 Å². The number of piperidine rings is 1. The molecular formula is C18H22N2. The first-order chi connectivity index (χ1) is 9.90. The minimum Gasteiger partial charge on any atom is -0.312 e. The molecule has 4 rings (SSSR count). The van der Waals surface area contributed by atoms with Gasteiger partial charge < -0.3 is 5.32 Å². The maximum absolute atomic E-state index is 3.69. The third kappa shape index (κ3) is 2.23. The largest absolute Gasteiger partial charge is 0.312 e. The summed E-state index contributed by atoms with van der Waals surface area (Å²) in [7, 11) is 0. The number of nitrogens with zero attached hydrogens (tertiary/aromatic N) is 1. The van der Waals surface area contributed by atoms with Crippen LogP contribution in [-0.2, 0) is 6.54 Å². The maximum atomic E-state index is 3.69. The second-order valence-corrected chi connectivity index (χ2v) is 6.30. The van der Waals surface area contributed by atoms with Crippen molar-refractivity contribution in [3.05, 3.63) is 48.0 Å². The van der Waals surface area contributed by atoms with E-state index in [1.54, 1.807) is 0 Å². The van der Waals surface area contributed by atoms with Gasteiger partial charge in [0, 0.05) is 25.7 Å². The normalized spacial score (nSPS) is 26.8. The predicted molar refractivity (Wildman–Crippen MR) is 83.7 cm³/mol. The van der Waals surface area contributed by atoms with Crippen LogP contribution in [0.25, 0.3) is 10.8 Å². The van der Waals surface area contributed by atoms with Gasteiger partial charge in [-0.15, -0.1) is 0 Å². The summed E-state index contributed by atoms with van der Waals surface area (Å²) in [5.41, 5.74) is 1.47. The molecule has 2 aromatic carbocycles. The van der Waals surface area contributed by atoms with Crippen molar-refractivity contribution in [2.24, 2.45) is 5.92 Å². The Bertz CT molecular complexity index is 588. The highest BCUT2D eigenvalue weighted by Crippen LogP contribution is 2.27. The van der Waals surface area contributed by atoms with Gasteiger partial charge in [-0.3, -0.25) is 4.90 Å². The zero-order valence-corrected chi connectivity index (χ0v) is 11.9. The van der Waals surface area contributed by atoms with Crippen molar-refractivity contribution in [3.8, 4) is 0 Å². The lowest BCUT2D eigenvalue weighted by molar-refractivity contribution is 0.313. The summed E-state index contributed by atoms with van der Waals surface area (Å²) in [5, 5.41) is 6.47. The molecule has 1 N–H and O–H groups in total. The van der Waals surface area contributed by atoms with Gasteiger partial charge >= 0.3 is 0 Å². The van der Waals surface area contributed by atoms with Crippen LogP contribution in [0.4, 0.5) is 0 Å². The van der Waals surface area contributed by atoms with E-state index in [1.807, 2.05) is 0 Å². The van der Waals surface area contributed by atoms with E-state index < -0.39 is 0 Å². The number of fused-ring (bicyclic) bond motifs is 2. The minimum absolute atomic E-state index is 0.735. The molecule has 2 saturated heterocycles. The minimum atomic E-state index is 0.735. The summed E-state index contributed by atoms with van der Waals surface area (Å²) in [6.45, 7) is 4.79. The number of nitrogens with one attached hydrogen (secondary N) is 1. The monoisotopic (exact) mass is 266 g/mol. The lowest BCUT2D eigenvalue weighted by Gasteiger charge is -2.24. The van der Waals surface area contributed by atoms with Crippen molar-refractivity contribution in [2.75, 3.05) is 19.6 Å². The molecule has 2 heteroatoms. The van der Waals surface area contributed by atoms with E-state index in [0.29, 0.717) is 0 Å². The van der Waals surface area contributed by atoms with Crippen LogP contribution in [-0.4, -0.2) is 30.6 Å². The van der Waals surface area contributed by atoms with Gasteiger partial charge in [-0.05, 0) is 41.6 Å². The first-order valence-corrected chi connectivity index (χ1v) is 7.82. The molecule has 2 nitrogen and oxygen atoms in total. The van der Waals surface area contributed by atoms with Crippen LogP contribution in [0.3, 0.4) is 0 Å². The number of likely N-dealkylation sites (tertiary alicyclic amines) is 1. The Hall–Kier alpha value is -1.38. The van der Waals surface area contributed by atoms with Crippen molar-refractivity contribution >= 4 is 10.8 Å². The molecule has 2 heterocycles. The maximum Gasteiger partial charge on any atom is 0.0240 e. The lowest BCUT2D eigenvalue weighted by atomic mass is 9.94. The molecule has 2 aromatic rings. The molecule has 0 aliphatic carbocycles. The van der Waals surface area contributed by atoms with Gasteiger partial charge in [0.1, 0.15) is 0 Å². The standard InChI is InChI=1S/C18H22N2/c1-2-9-17-14(5-1)6-3-7-15(17)11-20-12-16-8-4-10-19-18(16)13-20/h1-3,5-7,9,16,18-19H,4,8,10-13H2. The van der Waals surface area contributed by atoms with Crippen LogP contribution in [0.5, 0.6) is 0 Å². The van der Waals surface area contributed by atoms with E-state index in [1.165, 1.54) is 48.8 Å². The molecule has 2 aliphatic rings. The van der Waals surface area contributed by atoms with Crippen LogP contribution in [0.15, 0.2) is 42.5 Å². The van der Waals surface area contributed by atoms with Gasteiger partial charge in [0.05, 0.1) is 0 Å². The molecule has 104 valence electrons. The SMILES string of the molecule is c1ccc2c(CN3CC4CCCNC4C3)cccc2c1. The van der Waals surface area contributed by atoms with E-state index in [2.05, 4.69) is 52.7 Å². The average molecular weight is 266 g/mol. The smallest absolute Gasteiger partial charge is 0.0240 e. The molecule has 2 atom stereocenters. The van der Waals surface area contributed by atoms with Gasteiger partial charge in [0.2, 0.25) is 0 Å². The number of hydrogen-bond acceptors (Lipinski definition) is 2. The molecule has 0 saturated carbocycles. The Balaban J connectivity index is 1.56. The highest BCUT2D eigenvalue weighted by molar-refractivity contribution is 5.85. The molecule has 0 aromatic heterocycles. The van der Waals surface area contributed by atoms with Crippen molar-refractivity contribution in [1.29, 1.82) is 0 Å². The predicted octanol–water partition coefficient (Wildman–Crippen LogP) is 3.02. The first kappa shape index (κ1) is 12.4. The molecule has 0 radical (unpaired) electrons. The van der Waals surface area contributed by atoms with E-state index in [0.717, 1.165) is 18.5 Å². The van der Waals surface area contributed by atoms with Crippen molar-refractivity contribution in [2.45, 2.75) is 25.4 Å². The van der Waals surface area contributed by atoms with E-state index in [4.69, 9.17) is 0 Å². The number of benzene rings is 2. The number of rotatable bonds is 2. The molecule has 2 fully saturated rings. The zero-order valence-electron chi connectivity index (χ0n) is 11.9. The molecule has 20 heavy (non-hydrogen) atoms. The topological polar surface area (TPSA) is 15.3 Å². The van der Waals surface area contributed by atoms with Crippen LogP contribution in [0.2, 0.25) is 0 Å². The van der Waals surface area contributed by atoms with Gasteiger partial charge in [-0.1, -0.05) is 42.5 Å². The Morgan fingerprint density at radius 1 is 1.05 bits per heavy atom. The van der Waals surface area contributed by atoms with E-state index in [-0.39, 0.29) is 0 Å². The second-order valence-electron chi connectivity index (χ2n) is 6.30. The van der Waals surface area contributed by atoms with Gasteiger partial charge in [0.25, 0.3) is 0 Å². The molecular weight excluding hydrogens is 244 g/mol. The summed E-state index contributed by atoms with van der Waals surface area (Å²) in [6.07, 6.45) is 2.76. The quantitative estimate of drug-likeness (QED) is 0.899. The fourth-order valence-corrected chi connectivity index (χ4v) is 3.94. The summed E-state index contributed by atoms with van der Waals surface area (Å²) >= 11 is 0. The zero-order chi connectivity index (χ0) is 13.4. The highest BCUT2D eigenvalue weighted by atomic mass is 15.2. The van der Waals surface area contributed by atoms with Crippen molar-refractivity contribution < 1.29 is 0 Å². The molecule has 0 bridgehead atoms. The fraction of sp³-hybridized carbons (Fsp3) is 0.444. The third-order valence-electron chi connectivity index (χ3n) is 4.95. The van der Waals surface area contributed by atoms with Gasteiger partial charge in [-0.2, -0.15) is 0 Å². The van der Waals surface area contributed by atoms with E-state index in [9.17, 15) is 0 Å². The van der Waals surface area contributed by atoms with Crippen molar-refractivity contribution in [3.63, 3.8) is 0 Å². The number of hydrogen-bond donors (Lipinski definition) is 1. The summed E-state index contributed by atoms with van der Waals surface area (Å²) in [5.74, 6) is 0.874. The third-order valence-corrected chi connectivity index (χ3v) is 4.95. The lowest BCUT2D eigenvalue weighted by Crippen LogP contribution is -2.40. The molecule has 2 aliphatic heterocycles. The van der Waals surface area contributed by atoms with Crippen LogP contribution in [0.1, 0.15) is 18.4 Å². The first-order valence-electron chi connectivity index (χ1n) is 7.82. The van der Waals surface area contributed by atoms with Crippen LogP contribution in [0, 0.1) is 5.92 Å². The molecule has 2 unspecified atom stereocenters. The Morgan fingerprint density at radius 3 is 2.90 bits per heavy atom. The Morgan fingerprint density at radius 2 is 1.95 bits per heavy atom.